The maximum absolute atomic E-state index is 10.8. The summed E-state index contributed by atoms with van der Waals surface area (Å²) in [6, 6.07) is 0. The van der Waals surface area contributed by atoms with Crippen LogP contribution in [0, 0.1) is 0 Å². The molecule has 0 radical (unpaired) electrons. The number of hydrogen-bond donors (Lipinski definition) is 2. The molecule has 164 valence electrons. The molecule has 2 unspecified atom stereocenters. The Hall–Kier alpha value is -1.22. The third kappa shape index (κ3) is 22.9. The normalized spacial score (nSPS) is 12.9. The Balaban J connectivity index is -0.000000451. The van der Waals surface area contributed by atoms with Crippen molar-refractivity contribution in [2.45, 2.75) is 26.1 Å². The minimum atomic E-state index is -4.51. The quantitative estimate of drug-likeness (QED) is 0.141. The molecule has 0 heterocycles. The Morgan fingerprint density at radius 2 is 1.07 bits per heavy atom. The number of rotatable bonds is 10. The molecule has 0 aliphatic carbocycles. The predicted molar refractivity (Wildman–Crippen MR) is 92.7 cm³/mol. The minimum absolute atomic E-state index is 0. The number of aliphatic hydroxyl groups excluding tert-OH is 2. The zero-order valence-electron chi connectivity index (χ0n) is 15.9. The van der Waals surface area contributed by atoms with E-state index in [2.05, 4.69) is 22.6 Å². The number of esters is 2. The van der Waals surface area contributed by atoms with Gasteiger partial charge in [-0.15, -0.1) is 0 Å². The molecule has 0 spiro atoms. The van der Waals surface area contributed by atoms with Crippen molar-refractivity contribution < 1.29 is 74.7 Å². The van der Waals surface area contributed by atoms with E-state index >= 15 is 0 Å². The van der Waals surface area contributed by atoms with Gasteiger partial charge in [0.25, 0.3) is 0 Å². The standard InChI is InChI=1S/2C7H12O6S.Zn/c2*1-5(2)7(9)13-3-6(8)4-14(10,11)12;/h2*6,8H,1,3-4H2,2H3,(H,10,11,12);/q;;+2/p-2. The zero-order chi connectivity index (χ0) is 22.7. The van der Waals surface area contributed by atoms with E-state index in [-0.39, 0.29) is 30.6 Å². The van der Waals surface area contributed by atoms with E-state index in [1.807, 2.05) is 0 Å². The van der Waals surface area contributed by atoms with Crippen LogP contribution >= 0.6 is 0 Å². The molecule has 15 heteroatoms. The monoisotopic (exact) mass is 510 g/mol. The molecular weight excluding hydrogens is 490 g/mol. The number of ether oxygens (including phenoxy) is 2. The fraction of sp³-hybridized carbons (Fsp3) is 0.571. The van der Waals surface area contributed by atoms with Gasteiger partial charge in [0, 0.05) is 11.1 Å². The van der Waals surface area contributed by atoms with Crippen molar-refractivity contribution in [1.82, 2.24) is 0 Å². The van der Waals surface area contributed by atoms with Crippen molar-refractivity contribution in [1.29, 1.82) is 0 Å². The van der Waals surface area contributed by atoms with E-state index in [0.29, 0.717) is 0 Å². The predicted octanol–water partition coefficient (Wildman–Crippen LogP) is -1.98. The number of hydrogen-bond acceptors (Lipinski definition) is 12. The van der Waals surface area contributed by atoms with Crippen LogP contribution in [0.25, 0.3) is 0 Å². The summed E-state index contributed by atoms with van der Waals surface area (Å²) >= 11 is 0. The van der Waals surface area contributed by atoms with Crippen LogP contribution in [0.15, 0.2) is 24.3 Å². The maximum atomic E-state index is 10.8. The third-order valence-corrected chi connectivity index (χ3v) is 3.89. The van der Waals surface area contributed by atoms with Crippen LogP contribution in [0.3, 0.4) is 0 Å². The summed E-state index contributed by atoms with van der Waals surface area (Å²) in [4.78, 5) is 21.5. The molecule has 0 aliphatic heterocycles. The van der Waals surface area contributed by atoms with Crippen molar-refractivity contribution in [3.8, 4) is 0 Å². The molecule has 29 heavy (non-hydrogen) atoms. The molecule has 2 atom stereocenters. The van der Waals surface area contributed by atoms with Gasteiger partial charge in [-0.3, -0.25) is 0 Å². The zero-order valence-corrected chi connectivity index (χ0v) is 20.5. The maximum Gasteiger partial charge on any atom is 2.00 e. The van der Waals surface area contributed by atoms with E-state index in [4.69, 9.17) is 10.2 Å². The first kappa shape index (κ1) is 32.4. The second kappa shape index (κ2) is 14.7. The van der Waals surface area contributed by atoms with E-state index in [1.165, 1.54) is 13.8 Å². The van der Waals surface area contributed by atoms with Gasteiger partial charge >= 0.3 is 31.4 Å². The SMILES string of the molecule is C=C(C)C(=O)OCC(O)CS(=O)(=O)[O-].C=C(C)C(=O)OCC(O)CS(=O)(=O)[O-].[Zn+2]. The summed E-state index contributed by atoms with van der Waals surface area (Å²) in [6.45, 7) is 8.28. The molecule has 0 aromatic heterocycles. The molecule has 0 amide bonds. The Morgan fingerprint density at radius 3 is 1.24 bits per heavy atom. The molecule has 0 saturated carbocycles. The van der Waals surface area contributed by atoms with Crippen molar-refractivity contribution in [2.24, 2.45) is 0 Å². The van der Waals surface area contributed by atoms with Crippen LogP contribution in [0.4, 0.5) is 0 Å². The van der Waals surface area contributed by atoms with Gasteiger partial charge in [0.15, 0.2) is 0 Å². The molecule has 2 N–H and O–H groups in total. The Morgan fingerprint density at radius 1 is 0.828 bits per heavy atom. The van der Waals surface area contributed by atoms with Gasteiger partial charge in [-0.05, 0) is 13.8 Å². The smallest absolute Gasteiger partial charge is 0.748 e. The van der Waals surface area contributed by atoms with Crippen molar-refractivity contribution in [3.63, 3.8) is 0 Å². The van der Waals surface area contributed by atoms with Crippen LogP contribution in [-0.2, 0) is 58.8 Å². The van der Waals surface area contributed by atoms with E-state index in [1.54, 1.807) is 0 Å². The van der Waals surface area contributed by atoms with Crippen LogP contribution in [0.2, 0.25) is 0 Å². The van der Waals surface area contributed by atoms with Gasteiger partial charge in [-0.1, -0.05) is 13.2 Å². The fourth-order valence-corrected chi connectivity index (χ4v) is 2.29. The summed E-state index contributed by atoms with van der Waals surface area (Å²) in [5, 5.41) is 17.9. The average Bonchev–Trinajstić information content (AvgIpc) is 2.47. The molecular formula is C14H22O12S2Zn. The van der Waals surface area contributed by atoms with Crippen LogP contribution in [0.5, 0.6) is 0 Å². The van der Waals surface area contributed by atoms with Crippen molar-refractivity contribution >= 4 is 32.2 Å². The van der Waals surface area contributed by atoms with Gasteiger partial charge in [0.05, 0.1) is 31.7 Å². The van der Waals surface area contributed by atoms with Gasteiger partial charge in [-0.2, -0.15) is 0 Å². The summed E-state index contributed by atoms with van der Waals surface area (Å²) in [7, 11) is -9.01. The van der Waals surface area contributed by atoms with Gasteiger partial charge < -0.3 is 28.8 Å². The van der Waals surface area contributed by atoms with Crippen LogP contribution in [0.1, 0.15) is 13.8 Å². The average molecular weight is 512 g/mol. The Bertz CT molecular complexity index is 706. The second-order valence-corrected chi connectivity index (χ2v) is 8.41. The summed E-state index contributed by atoms with van der Waals surface area (Å²) in [5.74, 6) is -3.44. The minimum Gasteiger partial charge on any atom is -0.748 e. The molecule has 0 aliphatic rings. The first-order chi connectivity index (χ1) is 12.4. The number of aliphatic hydroxyl groups is 2. The second-order valence-electron chi connectivity index (χ2n) is 5.51. The largest absolute Gasteiger partial charge is 2.00 e. The van der Waals surface area contributed by atoms with E-state index in [0.717, 1.165) is 0 Å². The summed E-state index contributed by atoms with van der Waals surface area (Å²) < 4.78 is 69.7. The Kier molecular flexibility index (Phi) is 16.5. The molecule has 12 nitrogen and oxygen atoms in total. The topological polar surface area (TPSA) is 207 Å². The first-order valence-electron chi connectivity index (χ1n) is 7.33. The molecule has 0 aromatic carbocycles. The summed E-state index contributed by atoms with van der Waals surface area (Å²) in [6.07, 6.45) is -3.00. The summed E-state index contributed by atoms with van der Waals surface area (Å²) in [5.41, 5.74) is 0.254. The van der Waals surface area contributed by atoms with E-state index < -0.39 is 69.1 Å². The van der Waals surface area contributed by atoms with Crippen LogP contribution in [-0.4, -0.2) is 85.0 Å². The molecule has 0 saturated heterocycles. The molecule has 0 bridgehead atoms. The molecule has 0 rings (SSSR count). The molecule has 0 fully saturated rings. The third-order valence-electron chi connectivity index (χ3n) is 2.30. The van der Waals surface area contributed by atoms with Gasteiger partial charge in [0.2, 0.25) is 0 Å². The molecule has 0 aromatic rings. The van der Waals surface area contributed by atoms with Crippen LogP contribution < -0.4 is 0 Å². The fourth-order valence-electron chi connectivity index (χ4n) is 1.16. The Labute approximate surface area is 181 Å². The van der Waals surface area contributed by atoms with Crippen molar-refractivity contribution in [2.75, 3.05) is 24.7 Å². The van der Waals surface area contributed by atoms with Crippen molar-refractivity contribution in [3.05, 3.63) is 24.3 Å². The number of carbonyl (C=O) groups is 2. The van der Waals surface area contributed by atoms with Gasteiger partial charge in [-0.25, -0.2) is 26.4 Å². The first-order valence-corrected chi connectivity index (χ1v) is 10.5. The van der Waals surface area contributed by atoms with E-state index in [9.17, 15) is 35.5 Å². The van der Waals surface area contributed by atoms with Gasteiger partial charge in [0.1, 0.15) is 25.4 Å². The number of carbonyl (C=O) groups excluding carboxylic acids is 2.